The number of hydrogen-bond donors (Lipinski definition) is 2. The Labute approximate surface area is 129 Å². The second kappa shape index (κ2) is 14.2. The number of carbonyl (C=O) groups is 1. The maximum atomic E-state index is 10.7. The van der Waals surface area contributed by atoms with Crippen LogP contribution in [0.3, 0.4) is 0 Å². The molecular weight excluding hydrogens is 439 g/mol. The molecule has 0 saturated heterocycles. The third-order valence-corrected chi connectivity index (χ3v) is 1.19. The molecule has 0 saturated carbocycles. The van der Waals surface area contributed by atoms with Gasteiger partial charge in [0.1, 0.15) is 0 Å². The molecule has 0 bridgehead atoms. The SMILES string of the molecule is CO.[CH-]=CC(=O)Nc1ccccc1.[W].[Y]. The fourth-order valence-electron chi connectivity index (χ4n) is 0.705. The molecule has 0 unspecified atom stereocenters. The normalized spacial score (nSPS) is 6.80. The van der Waals surface area contributed by atoms with Gasteiger partial charge in [0.2, 0.25) is 0 Å². The van der Waals surface area contributed by atoms with Crippen LogP contribution in [-0.4, -0.2) is 18.1 Å². The molecular formula is C10H12NO2WY-. The molecule has 0 aromatic heterocycles. The van der Waals surface area contributed by atoms with Crippen LogP contribution in [-0.2, 0) is 58.6 Å². The summed E-state index contributed by atoms with van der Waals surface area (Å²) in [5, 5.41) is 9.57. The molecule has 2 N–H and O–H groups in total. The maximum Gasteiger partial charge on any atom is 0.0885 e. The van der Waals surface area contributed by atoms with Gasteiger partial charge in [-0.3, -0.25) is 6.58 Å². The average molecular weight is 451 g/mol. The van der Waals surface area contributed by atoms with E-state index in [1.54, 1.807) is 12.1 Å². The summed E-state index contributed by atoms with van der Waals surface area (Å²) in [6, 6.07) is 9.14. The second-order valence-electron chi connectivity index (χ2n) is 2.02. The Bertz CT molecular complexity index is 267. The number of para-hydroxylation sites is 1. The van der Waals surface area contributed by atoms with Crippen molar-refractivity contribution in [2.24, 2.45) is 0 Å². The first-order valence-electron chi connectivity index (χ1n) is 3.68. The third kappa shape index (κ3) is 10.5. The molecule has 0 atom stereocenters. The van der Waals surface area contributed by atoms with Crippen LogP contribution in [0.2, 0.25) is 0 Å². The van der Waals surface area contributed by atoms with Crippen molar-refractivity contribution in [3.8, 4) is 0 Å². The van der Waals surface area contributed by atoms with E-state index in [4.69, 9.17) is 11.7 Å². The Morgan fingerprint density at radius 2 is 1.80 bits per heavy atom. The van der Waals surface area contributed by atoms with E-state index in [0.717, 1.165) is 18.9 Å². The Kier molecular flexibility index (Phi) is 19.5. The van der Waals surface area contributed by atoms with Crippen molar-refractivity contribution in [2.75, 3.05) is 12.4 Å². The van der Waals surface area contributed by atoms with Crippen LogP contribution >= 0.6 is 0 Å². The molecule has 0 aliphatic heterocycles. The van der Waals surface area contributed by atoms with Crippen LogP contribution in [0.5, 0.6) is 0 Å². The minimum absolute atomic E-state index is 0. The summed E-state index contributed by atoms with van der Waals surface area (Å²) >= 11 is 0. The van der Waals surface area contributed by atoms with Crippen molar-refractivity contribution in [3.63, 3.8) is 0 Å². The maximum absolute atomic E-state index is 10.7. The van der Waals surface area contributed by atoms with Crippen molar-refractivity contribution in [2.45, 2.75) is 0 Å². The number of aliphatic hydroxyl groups excluding tert-OH is 1. The Balaban J connectivity index is -0.000000339. The standard InChI is InChI=1S/C9H8NO.CH4O.W.Y/c1-2-9(11)10-8-6-4-3-5-7-8;1-2;;/h1-7H,(H,10,11);2H,1H3;;/q-1;;;. The van der Waals surface area contributed by atoms with Gasteiger partial charge in [0, 0.05) is 66.6 Å². The van der Waals surface area contributed by atoms with E-state index in [0.29, 0.717) is 0 Å². The van der Waals surface area contributed by atoms with Crippen LogP contribution in [0, 0.1) is 6.58 Å². The summed E-state index contributed by atoms with van der Waals surface area (Å²) in [5.74, 6) is -0.295. The van der Waals surface area contributed by atoms with Crippen LogP contribution in [0.25, 0.3) is 0 Å². The number of benzene rings is 1. The number of rotatable bonds is 2. The zero-order chi connectivity index (χ0) is 10.1. The number of aliphatic hydroxyl groups is 1. The van der Waals surface area contributed by atoms with Crippen molar-refractivity contribution in [1.29, 1.82) is 0 Å². The number of nitrogens with one attached hydrogen (secondary N) is 1. The van der Waals surface area contributed by atoms with Gasteiger partial charge >= 0.3 is 0 Å². The Morgan fingerprint density at radius 3 is 2.20 bits per heavy atom. The first kappa shape index (κ1) is 20.6. The van der Waals surface area contributed by atoms with Gasteiger partial charge < -0.3 is 15.2 Å². The molecule has 0 aliphatic rings. The molecule has 1 radical (unpaired) electrons. The summed E-state index contributed by atoms with van der Waals surface area (Å²) in [7, 11) is 1.00. The van der Waals surface area contributed by atoms with Crippen LogP contribution in [0.15, 0.2) is 36.4 Å². The van der Waals surface area contributed by atoms with Crippen molar-refractivity contribution >= 4 is 11.6 Å². The van der Waals surface area contributed by atoms with E-state index >= 15 is 0 Å². The first-order valence-corrected chi connectivity index (χ1v) is 3.68. The van der Waals surface area contributed by atoms with Crippen LogP contribution < -0.4 is 5.32 Å². The fourth-order valence-corrected chi connectivity index (χ4v) is 0.705. The van der Waals surface area contributed by atoms with Crippen LogP contribution in [0.4, 0.5) is 5.69 Å². The van der Waals surface area contributed by atoms with Gasteiger partial charge in [-0.05, 0) is 12.1 Å². The first-order chi connectivity index (χ1) is 6.33. The number of anilines is 1. The topological polar surface area (TPSA) is 49.3 Å². The van der Waals surface area contributed by atoms with E-state index in [1.807, 2.05) is 18.2 Å². The van der Waals surface area contributed by atoms with Gasteiger partial charge in [0.15, 0.2) is 0 Å². The summed E-state index contributed by atoms with van der Waals surface area (Å²) in [6.45, 7) is 4.98. The molecule has 0 spiro atoms. The van der Waals surface area contributed by atoms with Gasteiger partial charge in [-0.15, -0.1) is 0 Å². The molecule has 0 aliphatic carbocycles. The zero-order valence-electron chi connectivity index (χ0n) is 8.38. The molecule has 0 fully saturated rings. The minimum Gasteiger partial charge on any atom is -0.401 e. The molecule has 1 aromatic carbocycles. The molecule has 5 heteroatoms. The van der Waals surface area contributed by atoms with Crippen LogP contribution in [0.1, 0.15) is 0 Å². The van der Waals surface area contributed by atoms with Gasteiger partial charge in [0.25, 0.3) is 0 Å². The predicted octanol–water partition coefficient (Wildman–Crippen LogP) is 1.22. The average Bonchev–Trinajstić information content (AvgIpc) is 2.22. The zero-order valence-corrected chi connectivity index (χ0v) is 14.2. The summed E-state index contributed by atoms with van der Waals surface area (Å²) in [6.07, 6.45) is 0.993. The smallest absolute Gasteiger partial charge is 0.0885 e. The molecule has 0 heterocycles. The Morgan fingerprint density at radius 1 is 1.33 bits per heavy atom. The number of hydrogen-bond acceptors (Lipinski definition) is 2. The van der Waals surface area contributed by atoms with Crippen molar-refractivity contribution in [3.05, 3.63) is 43.0 Å². The van der Waals surface area contributed by atoms with Crippen molar-refractivity contribution < 1.29 is 63.7 Å². The second-order valence-corrected chi connectivity index (χ2v) is 2.02. The number of carbonyl (C=O) groups excluding carboxylic acids is 1. The molecule has 3 nitrogen and oxygen atoms in total. The van der Waals surface area contributed by atoms with E-state index in [2.05, 4.69) is 5.32 Å². The van der Waals surface area contributed by atoms with E-state index in [-0.39, 0.29) is 59.7 Å². The minimum atomic E-state index is -0.295. The van der Waals surface area contributed by atoms with Gasteiger partial charge in [-0.2, -0.15) is 6.08 Å². The number of amides is 1. The predicted molar refractivity (Wildman–Crippen MR) is 52.1 cm³/mol. The van der Waals surface area contributed by atoms with E-state index in [9.17, 15) is 4.79 Å². The van der Waals surface area contributed by atoms with Gasteiger partial charge in [0.05, 0.1) is 5.91 Å². The fraction of sp³-hybridized carbons (Fsp3) is 0.100. The molecule has 15 heavy (non-hydrogen) atoms. The molecule has 1 amide bonds. The summed E-state index contributed by atoms with van der Waals surface area (Å²) in [5.41, 5.74) is 0.749. The van der Waals surface area contributed by atoms with E-state index < -0.39 is 0 Å². The summed E-state index contributed by atoms with van der Waals surface area (Å²) < 4.78 is 0. The largest absolute Gasteiger partial charge is 0.401 e. The summed E-state index contributed by atoms with van der Waals surface area (Å²) in [4.78, 5) is 10.7. The molecule has 1 rings (SSSR count). The van der Waals surface area contributed by atoms with Crippen molar-refractivity contribution in [1.82, 2.24) is 0 Å². The molecule has 79 valence electrons. The molecule has 1 aromatic rings. The Hall–Kier alpha value is 0.182. The van der Waals surface area contributed by atoms with Gasteiger partial charge in [-0.25, -0.2) is 0 Å². The monoisotopic (exact) mass is 451 g/mol. The van der Waals surface area contributed by atoms with E-state index in [1.165, 1.54) is 0 Å². The van der Waals surface area contributed by atoms with Gasteiger partial charge in [-0.1, -0.05) is 18.2 Å². The quantitative estimate of drug-likeness (QED) is 0.526. The third-order valence-electron chi connectivity index (χ3n) is 1.19.